The molecule has 3 N–H and O–H groups in total. The number of nitrogens with zero attached hydrogens (tertiary/aromatic N) is 4. The lowest BCUT2D eigenvalue weighted by Gasteiger charge is -2.27. The van der Waals surface area contributed by atoms with Crippen LogP contribution < -0.4 is 5.73 Å². The van der Waals surface area contributed by atoms with Gasteiger partial charge in [0.05, 0.1) is 17.1 Å². The first-order valence-electron chi connectivity index (χ1n) is 8.61. The minimum Gasteiger partial charge on any atom is -0.411 e. The molecule has 0 amide bonds. The van der Waals surface area contributed by atoms with Gasteiger partial charge in [0.15, 0.2) is 0 Å². The molecule has 1 aliphatic carbocycles. The van der Waals surface area contributed by atoms with Gasteiger partial charge in [-0.15, -0.1) is 0 Å². The Kier molecular flexibility index (Phi) is 4.27. The zero-order valence-electron chi connectivity index (χ0n) is 14.7. The summed E-state index contributed by atoms with van der Waals surface area (Å²) in [6.45, 7) is 1.82. The van der Waals surface area contributed by atoms with E-state index in [1.807, 2.05) is 19.1 Å². The molecule has 27 heavy (non-hydrogen) atoms. The van der Waals surface area contributed by atoms with E-state index in [0.29, 0.717) is 24.2 Å². The van der Waals surface area contributed by atoms with Crippen molar-refractivity contribution < 1.29 is 9.60 Å². The third kappa shape index (κ3) is 3.12. The Morgan fingerprint density at radius 3 is 2.81 bits per heavy atom. The highest BCUT2D eigenvalue weighted by atomic mass is 19.1. The normalized spacial score (nSPS) is 17.7. The largest absolute Gasteiger partial charge is 0.411 e. The maximum atomic E-state index is 14.0. The van der Waals surface area contributed by atoms with Gasteiger partial charge in [0, 0.05) is 29.9 Å². The van der Waals surface area contributed by atoms with Crippen LogP contribution in [0.5, 0.6) is 0 Å². The lowest BCUT2D eigenvalue weighted by molar-refractivity contribution is 0.316. The Balaban J connectivity index is 1.84. The molecular formula is C20H18FN5O. The van der Waals surface area contributed by atoms with E-state index in [2.05, 4.69) is 20.1 Å². The van der Waals surface area contributed by atoms with Gasteiger partial charge in [0.25, 0.3) is 0 Å². The fourth-order valence-corrected chi connectivity index (χ4v) is 3.79. The van der Waals surface area contributed by atoms with Crippen LogP contribution in [0, 0.1) is 12.7 Å². The molecule has 4 rings (SSSR count). The van der Waals surface area contributed by atoms with Crippen molar-refractivity contribution in [2.75, 3.05) is 5.73 Å². The molecule has 0 radical (unpaired) electrons. The number of oxime groups is 1. The number of halogens is 1. The fraction of sp³-hybridized carbons (Fsp3) is 0.200. The lowest BCUT2D eigenvalue weighted by Crippen LogP contribution is -2.24. The van der Waals surface area contributed by atoms with Gasteiger partial charge in [-0.05, 0) is 48.6 Å². The maximum absolute atomic E-state index is 14.0. The number of nitrogens with two attached hydrogens (primary N) is 1. The molecular weight excluding hydrogens is 345 g/mol. The van der Waals surface area contributed by atoms with Gasteiger partial charge in [-0.2, -0.15) is 0 Å². The number of hydrogen-bond acceptors (Lipinski definition) is 6. The van der Waals surface area contributed by atoms with Crippen molar-refractivity contribution in [2.45, 2.75) is 25.7 Å². The average Bonchev–Trinajstić information content (AvgIpc) is 2.67. The second-order valence-electron chi connectivity index (χ2n) is 6.61. The zero-order chi connectivity index (χ0) is 19.0. The summed E-state index contributed by atoms with van der Waals surface area (Å²) in [5.74, 6) is -0.157. The van der Waals surface area contributed by atoms with Gasteiger partial charge in [0.1, 0.15) is 5.82 Å². The van der Waals surface area contributed by atoms with Crippen LogP contribution in [-0.4, -0.2) is 25.9 Å². The first kappa shape index (κ1) is 17.1. The Hall–Kier alpha value is -3.35. The first-order chi connectivity index (χ1) is 13.1. The van der Waals surface area contributed by atoms with Crippen LogP contribution in [0.4, 0.5) is 10.3 Å². The summed E-state index contributed by atoms with van der Waals surface area (Å²) in [5, 5.41) is 13.0. The number of aryl methyl sites for hydroxylation is 1. The Morgan fingerprint density at radius 1 is 1.22 bits per heavy atom. The minimum absolute atomic E-state index is 0.0343. The summed E-state index contributed by atoms with van der Waals surface area (Å²) < 4.78 is 14.0. The van der Waals surface area contributed by atoms with Gasteiger partial charge in [0.2, 0.25) is 5.95 Å². The number of anilines is 1. The summed E-state index contributed by atoms with van der Waals surface area (Å²) >= 11 is 0. The molecule has 0 bridgehead atoms. The van der Waals surface area contributed by atoms with Gasteiger partial charge in [-0.25, -0.2) is 14.4 Å². The Labute approximate surface area is 155 Å². The van der Waals surface area contributed by atoms with E-state index in [1.54, 1.807) is 18.5 Å². The summed E-state index contributed by atoms with van der Waals surface area (Å²) in [6, 6.07) is 8.45. The number of fused-ring (bicyclic) bond motifs is 1. The number of nitrogen functional groups attached to an aromatic ring is 1. The van der Waals surface area contributed by atoms with Crippen LogP contribution in [0.3, 0.4) is 0 Å². The van der Waals surface area contributed by atoms with E-state index in [1.165, 1.54) is 12.1 Å². The van der Waals surface area contributed by atoms with Crippen molar-refractivity contribution in [1.82, 2.24) is 15.0 Å². The Bertz CT molecular complexity index is 1040. The standard InChI is InChI=1S/C20H18FN5O/c1-11-19-17(25-20(22)24-11)7-13(8-18(19)26-27)15-5-4-14(21)9-16(15)12-3-2-6-23-10-12/h2-6,9-10,13,27H,7-8H2,1H3,(H2,22,24,25). The molecule has 0 fully saturated rings. The van der Waals surface area contributed by atoms with E-state index in [-0.39, 0.29) is 17.7 Å². The summed E-state index contributed by atoms with van der Waals surface area (Å²) in [7, 11) is 0. The molecule has 1 aromatic carbocycles. The molecule has 0 saturated carbocycles. The van der Waals surface area contributed by atoms with E-state index in [9.17, 15) is 9.60 Å². The molecule has 1 unspecified atom stereocenters. The molecule has 2 heterocycles. The van der Waals surface area contributed by atoms with Crippen molar-refractivity contribution in [1.29, 1.82) is 0 Å². The second kappa shape index (κ2) is 6.75. The molecule has 2 aromatic heterocycles. The van der Waals surface area contributed by atoms with Crippen molar-refractivity contribution in [3.8, 4) is 11.1 Å². The number of hydrogen-bond donors (Lipinski definition) is 2. The minimum atomic E-state index is -0.313. The number of aromatic nitrogens is 3. The number of pyridine rings is 1. The predicted octanol–water partition coefficient (Wildman–Crippen LogP) is 3.48. The molecule has 1 aliphatic rings. The van der Waals surface area contributed by atoms with Crippen LogP contribution in [0.1, 0.15) is 34.9 Å². The first-order valence-corrected chi connectivity index (χ1v) is 8.61. The second-order valence-corrected chi connectivity index (χ2v) is 6.61. The van der Waals surface area contributed by atoms with Crippen LogP contribution >= 0.6 is 0 Å². The van der Waals surface area contributed by atoms with E-state index < -0.39 is 0 Å². The number of rotatable bonds is 2. The quantitative estimate of drug-likeness (QED) is 0.537. The fourth-order valence-electron chi connectivity index (χ4n) is 3.79. The maximum Gasteiger partial charge on any atom is 0.220 e. The third-order valence-electron chi connectivity index (χ3n) is 4.90. The highest BCUT2D eigenvalue weighted by Crippen LogP contribution is 2.38. The number of benzene rings is 1. The molecule has 0 aliphatic heterocycles. The Morgan fingerprint density at radius 2 is 2.07 bits per heavy atom. The van der Waals surface area contributed by atoms with Crippen molar-refractivity contribution in [3.63, 3.8) is 0 Å². The smallest absolute Gasteiger partial charge is 0.220 e. The molecule has 0 saturated heterocycles. The molecule has 3 aromatic rings. The topological polar surface area (TPSA) is 97.3 Å². The van der Waals surface area contributed by atoms with Crippen molar-refractivity contribution in [2.24, 2.45) is 5.16 Å². The summed E-state index contributed by atoms with van der Waals surface area (Å²) in [4.78, 5) is 12.7. The monoisotopic (exact) mass is 363 g/mol. The van der Waals surface area contributed by atoms with Crippen LogP contribution in [-0.2, 0) is 6.42 Å². The van der Waals surface area contributed by atoms with E-state index in [0.717, 1.165) is 27.9 Å². The van der Waals surface area contributed by atoms with Crippen molar-refractivity contribution >= 4 is 11.7 Å². The highest BCUT2D eigenvalue weighted by Gasteiger charge is 2.30. The van der Waals surface area contributed by atoms with Crippen LogP contribution in [0.15, 0.2) is 47.9 Å². The van der Waals surface area contributed by atoms with Gasteiger partial charge in [-0.1, -0.05) is 17.3 Å². The predicted molar refractivity (Wildman–Crippen MR) is 100 cm³/mol. The summed E-state index contributed by atoms with van der Waals surface area (Å²) in [5.41, 5.74) is 11.1. The van der Waals surface area contributed by atoms with E-state index in [4.69, 9.17) is 5.73 Å². The SMILES string of the molecule is Cc1nc(N)nc2c1C(=NO)CC(c1ccc(F)cc1-c1cccnc1)C2. The van der Waals surface area contributed by atoms with Crippen molar-refractivity contribution in [3.05, 3.63) is 71.1 Å². The van der Waals surface area contributed by atoms with Gasteiger partial charge in [-0.3, -0.25) is 4.98 Å². The van der Waals surface area contributed by atoms with Crippen LogP contribution in [0.2, 0.25) is 0 Å². The highest BCUT2D eigenvalue weighted by molar-refractivity contribution is 6.03. The zero-order valence-corrected chi connectivity index (χ0v) is 14.7. The third-order valence-corrected chi connectivity index (χ3v) is 4.90. The summed E-state index contributed by atoms with van der Waals surface area (Å²) in [6.07, 6.45) is 4.48. The lowest BCUT2D eigenvalue weighted by atomic mass is 9.78. The van der Waals surface area contributed by atoms with Crippen LogP contribution in [0.25, 0.3) is 11.1 Å². The average molecular weight is 363 g/mol. The van der Waals surface area contributed by atoms with E-state index >= 15 is 0 Å². The molecule has 6 nitrogen and oxygen atoms in total. The van der Waals surface area contributed by atoms with Gasteiger partial charge < -0.3 is 10.9 Å². The molecule has 1 atom stereocenters. The molecule has 136 valence electrons. The van der Waals surface area contributed by atoms with Gasteiger partial charge >= 0.3 is 0 Å². The molecule has 0 spiro atoms. The molecule has 7 heteroatoms.